The molecule has 1 aromatic heterocycles. The number of amides is 1. The van der Waals surface area contributed by atoms with Gasteiger partial charge in [-0.3, -0.25) is 9.78 Å². The van der Waals surface area contributed by atoms with Crippen molar-refractivity contribution in [1.82, 2.24) is 14.9 Å². The van der Waals surface area contributed by atoms with E-state index in [2.05, 4.69) is 22.1 Å². The minimum absolute atomic E-state index is 0.0816. The number of likely N-dealkylation sites (tertiary alicyclic amines) is 1. The maximum Gasteiger partial charge on any atom is 0.241 e. The van der Waals surface area contributed by atoms with Crippen molar-refractivity contribution in [3.8, 4) is 11.6 Å². The minimum atomic E-state index is -0.524. The van der Waals surface area contributed by atoms with Gasteiger partial charge in [-0.1, -0.05) is 48.5 Å². The zero-order chi connectivity index (χ0) is 23.4. The maximum absolute atomic E-state index is 14.1. The van der Waals surface area contributed by atoms with Crippen molar-refractivity contribution in [1.29, 1.82) is 0 Å². The van der Waals surface area contributed by atoms with Crippen LogP contribution < -0.4 is 4.74 Å². The first-order valence-electron chi connectivity index (χ1n) is 12.1. The Labute approximate surface area is 201 Å². The lowest BCUT2D eigenvalue weighted by Crippen LogP contribution is -2.52. The first-order chi connectivity index (χ1) is 16.7. The first kappa shape index (κ1) is 22.5. The molecule has 2 aromatic carbocycles. The number of benzene rings is 2. The summed E-state index contributed by atoms with van der Waals surface area (Å²) < 4.78 is 11.9. The van der Waals surface area contributed by atoms with Crippen LogP contribution in [0, 0.1) is 6.92 Å². The fourth-order valence-corrected chi connectivity index (χ4v) is 5.26. The Bertz CT molecular complexity index is 1130. The van der Waals surface area contributed by atoms with E-state index < -0.39 is 5.41 Å². The second-order valence-corrected chi connectivity index (χ2v) is 9.27. The summed E-state index contributed by atoms with van der Waals surface area (Å²) in [5.41, 5.74) is 2.44. The minimum Gasteiger partial charge on any atom is -0.437 e. The second-order valence-electron chi connectivity index (χ2n) is 9.27. The number of carbonyl (C=O) groups excluding carboxylic acids is 1. The quantitative estimate of drug-likeness (QED) is 0.538. The first-order valence-corrected chi connectivity index (χ1v) is 12.1. The van der Waals surface area contributed by atoms with Crippen LogP contribution in [-0.4, -0.2) is 47.1 Å². The Hall–Kier alpha value is -3.25. The number of ether oxygens (including phenoxy) is 2. The van der Waals surface area contributed by atoms with E-state index in [1.165, 1.54) is 0 Å². The lowest BCUT2D eigenvalue weighted by atomic mass is 9.72. The summed E-state index contributed by atoms with van der Waals surface area (Å²) in [7, 11) is 0. The van der Waals surface area contributed by atoms with Crippen LogP contribution in [0.15, 0.2) is 67.0 Å². The number of nitrogens with zero attached hydrogens (tertiary/aromatic N) is 3. The third-order valence-corrected chi connectivity index (χ3v) is 7.17. The summed E-state index contributed by atoms with van der Waals surface area (Å²) in [4.78, 5) is 25.3. The van der Waals surface area contributed by atoms with Crippen LogP contribution in [-0.2, 0) is 14.9 Å². The third kappa shape index (κ3) is 4.42. The van der Waals surface area contributed by atoms with E-state index >= 15 is 0 Å². The summed E-state index contributed by atoms with van der Waals surface area (Å²) in [6.45, 7) is 4.62. The molecule has 0 N–H and O–H groups in total. The molecule has 5 rings (SSSR count). The van der Waals surface area contributed by atoms with Gasteiger partial charge in [-0.2, -0.15) is 0 Å². The summed E-state index contributed by atoms with van der Waals surface area (Å²) in [6, 6.07) is 18.1. The number of para-hydroxylation sites is 1. The van der Waals surface area contributed by atoms with E-state index in [-0.39, 0.29) is 11.8 Å². The molecule has 0 radical (unpaired) electrons. The number of hydrogen-bond acceptors (Lipinski definition) is 5. The van der Waals surface area contributed by atoms with Gasteiger partial charge in [-0.05, 0) is 49.8 Å². The van der Waals surface area contributed by atoms with Crippen LogP contribution in [0.3, 0.4) is 0 Å². The van der Waals surface area contributed by atoms with Crippen LogP contribution in [0.2, 0.25) is 0 Å². The molecule has 176 valence electrons. The van der Waals surface area contributed by atoms with E-state index in [1.54, 1.807) is 12.4 Å². The molecule has 6 heteroatoms. The van der Waals surface area contributed by atoms with Gasteiger partial charge >= 0.3 is 0 Å². The summed E-state index contributed by atoms with van der Waals surface area (Å²) in [6.07, 6.45) is 6.68. The average molecular weight is 458 g/mol. The Kier molecular flexibility index (Phi) is 6.59. The van der Waals surface area contributed by atoms with Crippen molar-refractivity contribution in [3.63, 3.8) is 0 Å². The van der Waals surface area contributed by atoms with Gasteiger partial charge < -0.3 is 14.4 Å². The topological polar surface area (TPSA) is 64.6 Å². The fourth-order valence-electron chi connectivity index (χ4n) is 5.26. The largest absolute Gasteiger partial charge is 0.437 e. The molecule has 1 amide bonds. The predicted molar refractivity (Wildman–Crippen MR) is 130 cm³/mol. The molecule has 34 heavy (non-hydrogen) atoms. The number of aromatic nitrogens is 2. The summed E-state index contributed by atoms with van der Waals surface area (Å²) in [5, 5.41) is 0. The lowest BCUT2D eigenvalue weighted by Gasteiger charge is -2.42. The van der Waals surface area contributed by atoms with E-state index in [9.17, 15) is 4.79 Å². The standard InChI is InChI=1S/C28H31N3O3/c1-21-8-5-6-12-24(21)34-26-25(29-15-16-30-26)22-9-7-17-31(20-22)27(32)28(13-18-33-19-14-28)23-10-3-2-4-11-23/h2-6,8,10-12,15-16,22H,7,9,13-14,17-20H2,1H3/t22-/m0/s1. The van der Waals surface area contributed by atoms with Crippen molar-refractivity contribution in [3.05, 3.63) is 83.8 Å². The zero-order valence-electron chi connectivity index (χ0n) is 19.7. The maximum atomic E-state index is 14.1. The van der Waals surface area contributed by atoms with Crippen LogP contribution in [0.4, 0.5) is 0 Å². The van der Waals surface area contributed by atoms with Gasteiger partial charge in [-0.15, -0.1) is 0 Å². The molecule has 0 unspecified atom stereocenters. The molecule has 2 fully saturated rings. The van der Waals surface area contributed by atoms with Gasteiger partial charge in [0.15, 0.2) is 0 Å². The molecule has 0 spiro atoms. The van der Waals surface area contributed by atoms with E-state index in [0.717, 1.165) is 42.0 Å². The predicted octanol–water partition coefficient (Wildman–Crippen LogP) is 5.03. The summed E-state index contributed by atoms with van der Waals surface area (Å²) >= 11 is 0. The Morgan fingerprint density at radius 3 is 2.56 bits per heavy atom. The van der Waals surface area contributed by atoms with Crippen molar-refractivity contribution in [2.45, 2.75) is 43.9 Å². The van der Waals surface area contributed by atoms with Gasteiger partial charge in [0.2, 0.25) is 11.8 Å². The molecule has 6 nitrogen and oxygen atoms in total. The van der Waals surface area contributed by atoms with Crippen LogP contribution in [0.5, 0.6) is 11.6 Å². The molecule has 0 bridgehead atoms. The van der Waals surface area contributed by atoms with Gasteiger partial charge in [0.05, 0.1) is 5.41 Å². The highest BCUT2D eigenvalue weighted by molar-refractivity contribution is 5.88. The monoisotopic (exact) mass is 457 g/mol. The average Bonchev–Trinajstić information content (AvgIpc) is 2.91. The molecule has 3 heterocycles. The smallest absolute Gasteiger partial charge is 0.241 e. The van der Waals surface area contributed by atoms with Crippen molar-refractivity contribution in [2.75, 3.05) is 26.3 Å². The lowest BCUT2D eigenvalue weighted by molar-refractivity contribution is -0.142. The second kappa shape index (κ2) is 9.94. The summed E-state index contributed by atoms with van der Waals surface area (Å²) in [5.74, 6) is 1.59. The van der Waals surface area contributed by atoms with E-state index in [0.29, 0.717) is 38.5 Å². The highest BCUT2D eigenvalue weighted by Gasteiger charge is 2.45. The molecule has 0 saturated carbocycles. The SMILES string of the molecule is Cc1ccccc1Oc1nccnc1[C@H]1CCCN(C(=O)C2(c3ccccc3)CCOCC2)C1. The number of rotatable bonds is 5. The van der Waals surface area contributed by atoms with Crippen molar-refractivity contribution < 1.29 is 14.3 Å². The normalized spacial score (nSPS) is 20.0. The van der Waals surface area contributed by atoms with E-state index in [4.69, 9.17) is 9.47 Å². The molecular formula is C28H31N3O3. The van der Waals surface area contributed by atoms with Crippen LogP contribution >= 0.6 is 0 Å². The molecule has 2 aliphatic heterocycles. The highest BCUT2D eigenvalue weighted by atomic mass is 16.5. The number of carbonyl (C=O) groups is 1. The Balaban J connectivity index is 1.40. The van der Waals surface area contributed by atoms with Gasteiger partial charge in [0.1, 0.15) is 11.4 Å². The molecule has 1 atom stereocenters. The number of hydrogen-bond donors (Lipinski definition) is 0. The Morgan fingerprint density at radius 2 is 1.76 bits per heavy atom. The third-order valence-electron chi connectivity index (χ3n) is 7.17. The van der Waals surface area contributed by atoms with E-state index in [1.807, 2.05) is 54.3 Å². The van der Waals surface area contributed by atoms with Gasteiger partial charge in [0.25, 0.3) is 0 Å². The molecular weight excluding hydrogens is 426 g/mol. The zero-order valence-corrected chi connectivity index (χ0v) is 19.7. The molecule has 0 aliphatic carbocycles. The fraction of sp³-hybridized carbons (Fsp3) is 0.393. The Morgan fingerprint density at radius 1 is 1.03 bits per heavy atom. The highest BCUT2D eigenvalue weighted by Crippen LogP contribution is 2.39. The molecule has 2 aliphatic rings. The van der Waals surface area contributed by atoms with Crippen molar-refractivity contribution >= 4 is 5.91 Å². The van der Waals surface area contributed by atoms with Crippen LogP contribution in [0.25, 0.3) is 0 Å². The van der Waals surface area contributed by atoms with Gasteiger partial charge in [-0.25, -0.2) is 4.98 Å². The number of piperidine rings is 1. The van der Waals surface area contributed by atoms with Crippen molar-refractivity contribution in [2.24, 2.45) is 0 Å². The molecule has 2 saturated heterocycles. The number of aryl methyl sites for hydroxylation is 1. The van der Waals surface area contributed by atoms with Crippen LogP contribution in [0.1, 0.15) is 48.4 Å². The molecule has 3 aromatic rings. The van der Waals surface area contributed by atoms with Gasteiger partial charge in [0, 0.05) is 44.6 Å².